The number of amides is 3. The van der Waals surface area contributed by atoms with Crippen molar-refractivity contribution in [2.75, 3.05) is 6.54 Å². The fourth-order valence-electron chi connectivity index (χ4n) is 0.817. The first-order chi connectivity index (χ1) is 7.56. The fraction of sp³-hybridized carbons (Fsp3) is 0.500. The van der Waals surface area contributed by atoms with E-state index < -0.39 is 17.9 Å². The summed E-state index contributed by atoms with van der Waals surface area (Å²) in [6.45, 7) is 2.04. The average molecular weight is 226 g/mol. The maximum atomic E-state index is 11.0. The van der Waals surface area contributed by atoms with Gasteiger partial charge in [-0.3, -0.25) is 14.9 Å². The molecule has 0 saturated carbocycles. The van der Waals surface area contributed by atoms with Crippen molar-refractivity contribution in [3.8, 4) is 11.8 Å². The lowest BCUT2D eigenvalue weighted by Crippen LogP contribution is -2.39. The maximum absolute atomic E-state index is 11.0. The summed E-state index contributed by atoms with van der Waals surface area (Å²) in [6.07, 6.45) is 0.00514. The van der Waals surface area contributed by atoms with Crippen LogP contribution in [0.5, 0.6) is 0 Å². The number of nitrogens with one attached hydrogen (secondary N) is 2. The van der Waals surface area contributed by atoms with Gasteiger partial charge in [0.25, 0.3) is 0 Å². The molecule has 0 radical (unpaired) electrons. The Hall–Kier alpha value is -2.03. The zero-order valence-electron chi connectivity index (χ0n) is 9.00. The Morgan fingerprint density at radius 3 is 2.50 bits per heavy atom. The Morgan fingerprint density at radius 2 is 1.94 bits per heavy atom. The second-order valence-electron chi connectivity index (χ2n) is 2.87. The molecule has 6 heteroatoms. The number of aliphatic carboxylic acids is 1. The van der Waals surface area contributed by atoms with Crippen LogP contribution in [0, 0.1) is 11.8 Å². The summed E-state index contributed by atoms with van der Waals surface area (Å²) in [5.74, 6) is 3.72. The van der Waals surface area contributed by atoms with Crippen molar-refractivity contribution in [1.29, 1.82) is 0 Å². The van der Waals surface area contributed by atoms with Crippen LogP contribution in [-0.2, 0) is 9.59 Å². The second kappa shape index (κ2) is 8.29. The van der Waals surface area contributed by atoms with E-state index in [1.807, 2.05) is 5.32 Å². The topological polar surface area (TPSA) is 95.5 Å². The molecule has 0 bridgehead atoms. The van der Waals surface area contributed by atoms with Crippen LogP contribution in [0.15, 0.2) is 0 Å². The normalized spacial score (nSPS) is 8.56. The van der Waals surface area contributed by atoms with E-state index in [4.69, 9.17) is 5.11 Å². The third kappa shape index (κ3) is 8.56. The van der Waals surface area contributed by atoms with Crippen LogP contribution in [-0.4, -0.2) is 29.6 Å². The molecule has 0 heterocycles. The smallest absolute Gasteiger partial charge is 0.321 e. The quantitative estimate of drug-likeness (QED) is 0.457. The third-order valence-corrected chi connectivity index (χ3v) is 1.53. The number of rotatable bonds is 5. The van der Waals surface area contributed by atoms with E-state index in [1.165, 1.54) is 0 Å². The molecular formula is C10H14N2O4. The molecule has 88 valence electrons. The van der Waals surface area contributed by atoms with Crippen LogP contribution >= 0.6 is 0 Å². The van der Waals surface area contributed by atoms with Gasteiger partial charge in [-0.05, 0) is 6.92 Å². The molecule has 0 aromatic rings. The standard InChI is InChI=1S/C10H14N2O4/c1-2-3-4-7-11-10(16)12-8(13)5-6-9(14)15/h4-7H2,1H3,(H,14,15)(H2,11,12,13,16). The summed E-state index contributed by atoms with van der Waals surface area (Å²) in [5, 5.41) is 12.7. The molecule has 0 aliphatic carbocycles. The first-order valence-corrected chi connectivity index (χ1v) is 4.75. The van der Waals surface area contributed by atoms with Crippen LogP contribution < -0.4 is 10.6 Å². The number of carboxylic acids is 1. The molecule has 0 fully saturated rings. The maximum Gasteiger partial charge on any atom is 0.321 e. The first-order valence-electron chi connectivity index (χ1n) is 4.75. The van der Waals surface area contributed by atoms with Gasteiger partial charge in [-0.15, -0.1) is 11.8 Å². The predicted octanol–water partition coefficient (Wildman–Crippen LogP) is 0.0904. The van der Waals surface area contributed by atoms with Gasteiger partial charge in [0.05, 0.1) is 6.42 Å². The van der Waals surface area contributed by atoms with E-state index in [0.29, 0.717) is 13.0 Å². The lowest BCUT2D eigenvalue weighted by Gasteiger charge is -2.03. The van der Waals surface area contributed by atoms with Crippen molar-refractivity contribution in [3.05, 3.63) is 0 Å². The van der Waals surface area contributed by atoms with Gasteiger partial charge >= 0.3 is 12.0 Å². The molecule has 3 N–H and O–H groups in total. The van der Waals surface area contributed by atoms with Gasteiger partial charge in [0.2, 0.25) is 5.91 Å². The molecule has 0 rings (SSSR count). The number of urea groups is 1. The predicted molar refractivity (Wildman–Crippen MR) is 56.5 cm³/mol. The number of hydrogen-bond donors (Lipinski definition) is 3. The molecule has 0 spiro atoms. The fourth-order valence-corrected chi connectivity index (χ4v) is 0.817. The number of hydrogen-bond acceptors (Lipinski definition) is 3. The molecular weight excluding hydrogens is 212 g/mol. The van der Waals surface area contributed by atoms with E-state index in [-0.39, 0.29) is 12.8 Å². The lowest BCUT2D eigenvalue weighted by molar-refractivity contribution is -0.138. The highest BCUT2D eigenvalue weighted by molar-refractivity contribution is 5.95. The Bertz CT molecular complexity index is 327. The minimum Gasteiger partial charge on any atom is -0.481 e. The number of carbonyl (C=O) groups excluding carboxylic acids is 2. The zero-order chi connectivity index (χ0) is 12.4. The number of imide groups is 1. The number of carbonyl (C=O) groups is 3. The summed E-state index contributed by atoms with van der Waals surface area (Å²) in [5.41, 5.74) is 0. The molecule has 3 amide bonds. The average Bonchev–Trinajstić information content (AvgIpc) is 2.21. The Kier molecular flexibility index (Phi) is 7.24. The SMILES string of the molecule is CC#CCCNC(=O)NC(=O)CCC(=O)O. The van der Waals surface area contributed by atoms with E-state index in [2.05, 4.69) is 17.2 Å². The largest absolute Gasteiger partial charge is 0.481 e. The van der Waals surface area contributed by atoms with E-state index in [9.17, 15) is 14.4 Å². The van der Waals surface area contributed by atoms with Crippen molar-refractivity contribution >= 4 is 17.9 Å². The second-order valence-corrected chi connectivity index (χ2v) is 2.87. The van der Waals surface area contributed by atoms with Gasteiger partial charge in [0.1, 0.15) is 0 Å². The highest BCUT2D eigenvalue weighted by Crippen LogP contribution is 1.88. The van der Waals surface area contributed by atoms with Gasteiger partial charge in [0, 0.05) is 19.4 Å². The van der Waals surface area contributed by atoms with E-state index in [0.717, 1.165) is 0 Å². The van der Waals surface area contributed by atoms with Crippen LogP contribution in [0.4, 0.5) is 4.79 Å². The molecule has 0 aliphatic heterocycles. The monoisotopic (exact) mass is 226 g/mol. The van der Waals surface area contributed by atoms with Crippen molar-refractivity contribution in [2.24, 2.45) is 0 Å². The Labute approximate surface area is 93.4 Å². The van der Waals surface area contributed by atoms with Crippen molar-refractivity contribution in [2.45, 2.75) is 26.2 Å². The highest BCUT2D eigenvalue weighted by Gasteiger charge is 2.08. The van der Waals surface area contributed by atoms with Gasteiger partial charge < -0.3 is 10.4 Å². The summed E-state index contributed by atoms with van der Waals surface area (Å²) in [6, 6.07) is -0.631. The van der Waals surface area contributed by atoms with Gasteiger partial charge in [0.15, 0.2) is 0 Å². The third-order valence-electron chi connectivity index (χ3n) is 1.53. The minimum absolute atomic E-state index is 0.211. The van der Waals surface area contributed by atoms with E-state index >= 15 is 0 Å². The van der Waals surface area contributed by atoms with Crippen molar-refractivity contribution in [1.82, 2.24) is 10.6 Å². The van der Waals surface area contributed by atoms with Crippen LogP contribution in [0.2, 0.25) is 0 Å². The van der Waals surface area contributed by atoms with Crippen molar-refractivity contribution < 1.29 is 19.5 Å². The summed E-state index contributed by atoms with van der Waals surface area (Å²) in [4.78, 5) is 32.1. The minimum atomic E-state index is -1.08. The molecule has 16 heavy (non-hydrogen) atoms. The molecule has 0 saturated heterocycles. The molecule has 0 atom stereocenters. The lowest BCUT2D eigenvalue weighted by atomic mass is 10.3. The van der Waals surface area contributed by atoms with Crippen LogP contribution in [0.1, 0.15) is 26.2 Å². The summed E-state index contributed by atoms with van der Waals surface area (Å²) >= 11 is 0. The molecule has 0 aliphatic rings. The highest BCUT2D eigenvalue weighted by atomic mass is 16.4. The summed E-state index contributed by atoms with van der Waals surface area (Å²) in [7, 11) is 0. The summed E-state index contributed by atoms with van der Waals surface area (Å²) < 4.78 is 0. The van der Waals surface area contributed by atoms with Crippen LogP contribution in [0.25, 0.3) is 0 Å². The van der Waals surface area contributed by atoms with Gasteiger partial charge in [-0.25, -0.2) is 4.79 Å². The molecule has 6 nitrogen and oxygen atoms in total. The van der Waals surface area contributed by atoms with Crippen LogP contribution in [0.3, 0.4) is 0 Å². The molecule has 0 aromatic heterocycles. The first kappa shape index (κ1) is 14.0. The van der Waals surface area contributed by atoms with E-state index in [1.54, 1.807) is 6.92 Å². The Balaban J connectivity index is 3.64. The van der Waals surface area contributed by atoms with Gasteiger partial charge in [-0.1, -0.05) is 0 Å². The van der Waals surface area contributed by atoms with Gasteiger partial charge in [-0.2, -0.15) is 0 Å². The number of carboxylic acid groups (broad SMARTS) is 1. The zero-order valence-corrected chi connectivity index (χ0v) is 9.00. The molecule has 0 aromatic carbocycles. The Morgan fingerprint density at radius 1 is 1.25 bits per heavy atom. The van der Waals surface area contributed by atoms with Crippen molar-refractivity contribution in [3.63, 3.8) is 0 Å². The molecule has 0 unspecified atom stereocenters.